The van der Waals surface area contributed by atoms with Crippen LogP contribution < -0.4 is 0 Å². The summed E-state index contributed by atoms with van der Waals surface area (Å²) in [5, 5.41) is 0. The molecule has 150 valence electrons. The third-order valence-electron chi connectivity index (χ3n) is 5.79. The number of rotatable bonds is 9. The first kappa shape index (κ1) is 20.2. The molecule has 0 saturated heterocycles. The molecule has 0 fully saturated rings. The molecule has 0 heteroatoms. The Morgan fingerprint density at radius 2 is 0.600 bits per heavy atom. The summed E-state index contributed by atoms with van der Waals surface area (Å²) in [5.41, 5.74) is 8.31. The lowest BCUT2D eigenvalue weighted by Crippen LogP contribution is -1.91. The van der Waals surface area contributed by atoms with Gasteiger partial charge in [-0.05, 0) is 71.9 Å². The Bertz CT molecular complexity index is 910. The Morgan fingerprint density at radius 3 is 0.933 bits per heavy atom. The summed E-state index contributed by atoms with van der Waals surface area (Å²) >= 11 is 0. The van der Waals surface area contributed by atoms with Gasteiger partial charge in [-0.3, -0.25) is 0 Å². The topological polar surface area (TPSA) is 0 Å². The van der Waals surface area contributed by atoms with Crippen LogP contribution in [0.1, 0.15) is 35.1 Å². The minimum Gasteiger partial charge on any atom is -0.0622 e. The van der Waals surface area contributed by atoms with Gasteiger partial charge < -0.3 is 0 Å². The molecule has 0 unspecified atom stereocenters. The molecular formula is C30H30. The molecule has 4 rings (SSSR count). The summed E-state index contributed by atoms with van der Waals surface area (Å²) in [6.07, 6.45) is 6.95. The molecule has 0 amide bonds. The largest absolute Gasteiger partial charge is 0.0622 e. The van der Waals surface area contributed by atoms with E-state index in [2.05, 4.69) is 109 Å². The summed E-state index contributed by atoms with van der Waals surface area (Å²) in [5.74, 6) is 0. The van der Waals surface area contributed by atoms with Gasteiger partial charge in [0.25, 0.3) is 0 Å². The van der Waals surface area contributed by atoms with Gasteiger partial charge in [0.05, 0.1) is 0 Å². The molecule has 4 aromatic rings. The Kier molecular flexibility index (Phi) is 7.12. The summed E-state index contributed by atoms with van der Waals surface area (Å²) in [6, 6.07) is 39.7. The monoisotopic (exact) mass is 390 g/mol. The maximum absolute atomic E-state index is 2.29. The van der Waals surface area contributed by atoms with Crippen LogP contribution in [-0.2, 0) is 25.7 Å². The van der Waals surface area contributed by atoms with Gasteiger partial charge in [0.1, 0.15) is 0 Å². The smallest absolute Gasteiger partial charge is 0.0184 e. The number of hydrogen-bond acceptors (Lipinski definition) is 0. The zero-order chi connectivity index (χ0) is 20.4. The Morgan fingerprint density at radius 1 is 0.300 bits per heavy atom. The fraction of sp³-hybridized carbons (Fsp3) is 0.200. The van der Waals surface area contributed by atoms with Crippen molar-refractivity contribution in [2.75, 3.05) is 0 Å². The third-order valence-corrected chi connectivity index (χ3v) is 5.79. The summed E-state index contributed by atoms with van der Waals surface area (Å²) in [6.45, 7) is 0. The van der Waals surface area contributed by atoms with E-state index < -0.39 is 0 Å². The first-order chi connectivity index (χ1) is 14.9. The lowest BCUT2D eigenvalue weighted by atomic mass is 9.98. The van der Waals surface area contributed by atoms with Crippen LogP contribution in [0.15, 0.2) is 109 Å². The van der Waals surface area contributed by atoms with Crippen LogP contribution in [0.2, 0.25) is 0 Å². The molecule has 0 aliphatic carbocycles. The minimum absolute atomic E-state index is 1.13. The first-order valence-corrected chi connectivity index (χ1v) is 11.1. The molecule has 0 spiro atoms. The minimum atomic E-state index is 1.13. The van der Waals surface area contributed by atoms with Crippen LogP contribution in [0, 0.1) is 0 Å². The van der Waals surface area contributed by atoms with E-state index in [0.717, 1.165) is 25.7 Å². The molecule has 0 heterocycles. The quantitative estimate of drug-likeness (QED) is 0.274. The molecule has 0 aliphatic rings. The number of aryl methyl sites for hydroxylation is 4. The van der Waals surface area contributed by atoms with Gasteiger partial charge in [-0.1, -0.05) is 109 Å². The van der Waals surface area contributed by atoms with Crippen molar-refractivity contribution in [3.8, 4) is 11.1 Å². The Labute approximate surface area is 181 Å². The molecule has 0 radical (unpaired) electrons. The van der Waals surface area contributed by atoms with Crippen molar-refractivity contribution >= 4 is 0 Å². The highest BCUT2D eigenvalue weighted by molar-refractivity contribution is 5.64. The average Bonchev–Trinajstić information content (AvgIpc) is 2.82. The van der Waals surface area contributed by atoms with Gasteiger partial charge in [-0.15, -0.1) is 0 Å². The van der Waals surface area contributed by atoms with Gasteiger partial charge in [0.2, 0.25) is 0 Å². The zero-order valence-electron chi connectivity index (χ0n) is 17.6. The van der Waals surface area contributed by atoms with Crippen LogP contribution in [0.25, 0.3) is 11.1 Å². The molecule has 0 atom stereocenters. The van der Waals surface area contributed by atoms with Gasteiger partial charge in [0, 0.05) is 0 Å². The second-order valence-corrected chi connectivity index (χ2v) is 8.07. The predicted octanol–water partition coefficient (Wildman–Crippen LogP) is 7.70. The van der Waals surface area contributed by atoms with Gasteiger partial charge >= 0.3 is 0 Å². The van der Waals surface area contributed by atoms with E-state index in [1.54, 1.807) is 0 Å². The first-order valence-electron chi connectivity index (χ1n) is 11.1. The standard InChI is InChI=1S/C30H30/c1-3-9-25(10-4-1)13-7-15-27-17-21-29(22-18-27)30-23-19-28(20-24-30)16-8-14-26-11-5-2-6-12-26/h1-6,9-12,17-24H,7-8,13-16H2. The van der Waals surface area contributed by atoms with Gasteiger partial charge in [0.15, 0.2) is 0 Å². The normalized spacial score (nSPS) is 10.8. The van der Waals surface area contributed by atoms with E-state index in [4.69, 9.17) is 0 Å². The van der Waals surface area contributed by atoms with Crippen molar-refractivity contribution in [1.29, 1.82) is 0 Å². The van der Waals surface area contributed by atoms with Crippen molar-refractivity contribution in [3.05, 3.63) is 131 Å². The molecule has 0 aromatic heterocycles. The van der Waals surface area contributed by atoms with E-state index >= 15 is 0 Å². The maximum atomic E-state index is 2.29. The number of benzene rings is 4. The molecule has 0 saturated carbocycles. The predicted molar refractivity (Wildman–Crippen MR) is 129 cm³/mol. The lowest BCUT2D eigenvalue weighted by Gasteiger charge is -2.07. The highest BCUT2D eigenvalue weighted by Gasteiger charge is 2.01. The highest BCUT2D eigenvalue weighted by Crippen LogP contribution is 2.22. The third kappa shape index (κ3) is 5.94. The van der Waals surface area contributed by atoms with Crippen molar-refractivity contribution < 1.29 is 0 Å². The lowest BCUT2D eigenvalue weighted by molar-refractivity contribution is 0.820. The maximum Gasteiger partial charge on any atom is -0.0184 e. The fourth-order valence-electron chi connectivity index (χ4n) is 4.01. The fourth-order valence-corrected chi connectivity index (χ4v) is 4.01. The van der Waals surface area contributed by atoms with Crippen molar-refractivity contribution in [1.82, 2.24) is 0 Å². The zero-order valence-corrected chi connectivity index (χ0v) is 17.6. The van der Waals surface area contributed by atoms with E-state index in [1.165, 1.54) is 46.2 Å². The van der Waals surface area contributed by atoms with E-state index in [1.807, 2.05) is 0 Å². The highest BCUT2D eigenvalue weighted by atomic mass is 14.1. The summed E-state index contributed by atoms with van der Waals surface area (Å²) < 4.78 is 0. The molecule has 30 heavy (non-hydrogen) atoms. The second kappa shape index (κ2) is 10.6. The van der Waals surface area contributed by atoms with Crippen LogP contribution in [0.3, 0.4) is 0 Å². The van der Waals surface area contributed by atoms with Crippen LogP contribution >= 0.6 is 0 Å². The van der Waals surface area contributed by atoms with E-state index in [0.29, 0.717) is 0 Å². The van der Waals surface area contributed by atoms with Crippen molar-refractivity contribution in [3.63, 3.8) is 0 Å². The summed E-state index contributed by atoms with van der Waals surface area (Å²) in [4.78, 5) is 0. The molecule has 0 aliphatic heterocycles. The van der Waals surface area contributed by atoms with Crippen LogP contribution in [0.5, 0.6) is 0 Å². The van der Waals surface area contributed by atoms with Crippen LogP contribution in [-0.4, -0.2) is 0 Å². The Balaban J connectivity index is 1.26. The molecule has 0 bridgehead atoms. The SMILES string of the molecule is c1ccc(CCCc2ccc(-c3ccc(CCCc4ccccc4)cc3)cc2)cc1. The van der Waals surface area contributed by atoms with Gasteiger partial charge in [-0.2, -0.15) is 0 Å². The average molecular weight is 391 g/mol. The van der Waals surface area contributed by atoms with Crippen molar-refractivity contribution in [2.45, 2.75) is 38.5 Å². The van der Waals surface area contributed by atoms with E-state index in [-0.39, 0.29) is 0 Å². The van der Waals surface area contributed by atoms with Gasteiger partial charge in [-0.25, -0.2) is 0 Å². The van der Waals surface area contributed by atoms with E-state index in [9.17, 15) is 0 Å². The van der Waals surface area contributed by atoms with Crippen molar-refractivity contribution in [2.24, 2.45) is 0 Å². The second-order valence-electron chi connectivity index (χ2n) is 8.07. The molecule has 0 N–H and O–H groups in total. The Hall–Kier alpha value is -3.12. The molecule has 4 aromatic carbocycles. The molecular weight excluding hydrogens is 360 g/mol. The molecule has 0 nitrogen and oxygen atoms in total. The number of hydrogen-bond donors (Lipinski definition) is 0. The summed E-state index contributed by atoms with van der Waals surface area (Å²) in [7, 11) is 0. The van der Waals surface area contributed by atoms with Crippen LogP contribution in [0.4, 0.5) is 0 Å².